The third-order valence-electron chi connectivity index (χ3n) is 3.20. The molecule has 0 aliphatic carbocycles. The van der Waals surface area contributed by atoms with Crippen LogP contribution in [0.4, 0.5) is 13.2 Å². The van der Waals surface area contributed by atoms with Crippen LogP contribution < -0.4 is 0 Å². The first-order valence-corrected chi connectivity index (χ1v) is 6.34. The van der Waals surface area contributed by atoms with Crippen LogP contribution in [-0.4, -0.2) is 17.6 Å². The number of carbonyl (C=O) groups is 1. The highest BCUT2D eigenvalue weighted by Gasteiger charge is 2.30. The molecule has 1 heterocycles. The number of hydrogen-bond donors (Lipinski definition) is 0. The molecule has 112 valence electrons. The number of carbonyl (C=O) groups excluding carboxylic acids is 1. The van der Waals surface area contributed by atoms with E-state index in [0.29, 0.717) is 23.5 Å². The molecule has 6 heteroatoms. The molecule has 1 aromatic carbocycles. The fraction of sp³-hybridized carbons (Fsp3) is 0.267. The Hall–Kier alpha value is -2.24. The Bertz CT molecular complexity index is 642. The van der Waals surface area contributed by atoms with Crippen molar-refractivity contribution in [2.45, 2.75) is 19.6 Å². The van der Waals surface area contributed by atoms with Crippen molar-refractivity contribution in [3.8, 4) is 11.3 Å². The first kappa shape index (κ1) is 15.2. The number of alkyl halides is 3. The zero-order valence-electron chi connectivity index (χ0n) is 11.6. The number of aromatic nitrogens is 1. The molecule has 2 aromatic rings. The zero-order valence-corrected chi connectivity index (χ0v) is 11.6. The Labute approximate surface area is 120 Å². The van der Waals surface area contributed by atoms with Gasteiger partial charge in [0.05, 0.1) is 12.7 Å². The molecule has 1 aromatic heterocycles. The van der Waals surface area contributed by atoms with E-state index in [1.807, 2.05) is 6.92 Å². The molecular formula is C15H14F3NO2. The summed E-state index contributed by atoms with van der Waals surface area (Å²) < 4.78 is 44.1. The molecule has 0 aliphatic rings. The molecule has 0 spiro atoms. The van der Waals surface area contributed by atoms with Gasteiger partial charge < -0.3 is 9.30 Å². The summed E-state index contributed by atoms with van der Waals surface area (Å²) in [7, 11) is 1.28. The van der Waals surface area contributed by atoms with Crippen LogP contribution in [0, 0.1) is 0 Å². The van der Waals surface area contributed by atoms with Crippen LogP contribution in [0.5, 0.6) is 0 Å². The fourth-order valence-corrected chi connectivity index (χ4v) is 2.17. The van der Waals surface area contributed by atoms with Crippen molar-refractivity contribution in [1.82, 2.24) is 4.57 Å². The van der Waals surface area contributed by atoms with E-state index in [-0.39, 0.29) is 0 Å². The molecule has 21 heavy (non-hydrogen) atoms. The van der Waals surface area contributed by atoms with Crippen molar-refractivity contribution in [3.63, 3.8) is 0 Å². The second kappa shape index (κ2) is 5.63. The van der Waals surface area contributed by atoms with Gasteiger partial charge in [-0.25, -0.2) is 4.79 Å². The number of benzene rings is 1. The van der Waals surface area contributed by atoms with Crippen molar-refractivity contribution < 1.29 is 22.7 Å². The number of halogens is 3. The topological polar surface area (TPSA) is 31.2 Å². The van der Waals surface area contributed by atoms with Crippen LogP contribution in [0.15, 0.2) is 36.4 Å². The first-order valence-electron chi connectivity index (χ1n) is 6.34. The van der Waals surface area contributed by atoms with Crippen LogP contribution in [-0.2, 0) is 17.5 Å². The fourth-order valence-electron chi connectivity index (χ4n) is 2.17. The molecule has 0 unspecified atom stereocenters. The number of ether oxygens (including phenoxy) is 1. The standard InChI is InChI=1S/C15H14F3NO2/c1-3-19-12(8-9-13(19)14(20)21-2)10-4-6-11(7-5-10)15(16,17)18/h4-9H,3H2,1-2H3. The molecule has 0 aliphatic heterocycles. The number of methoxy groups -OCH3 is 1. The van der Waals surface area contributed by atoms with Crippen molar-refractivity contribution in [2.24, 2.45) is 0 Å². The van der Waals surface area contributed by atoms with E-state index in [4.69, 9.17) is 0 Å². The largest absolute Gasteiger partial charge is 0.464 e. The van der Waals surface area contributed by atoms with Gasteiger partial charge in [0.2, 0.25) is 0 Å². The normalized spacial score (nSPS) is 11.5. The lowest BCUT2D eigenvalue weighted by atomic mass is 10.1. The predicted molar refractivity (Wildman–Crippen MR) is 71.9 cm³/mol. The Morgan fingerprint density at radius 1 is 1.14 bits per heavy atom. The third-order valence-corrected chi connectivity index (χ3v) is 3.20. The molecule has 0 radical (unpaired) electrons. The molecule has 0 N–H and O–H groups in total. The lowest BCUT2D eigenvalue weighted by Gasteiger charge is -2.11. The van der Waals surface area contributed by atoms with Crippen LogP contribution in [0.1, 0.15) is 23.0 Å². The molecule has 0 fully saturated rings. The van der Waals surface area contributed by atoms with E-state index in [1.165, 1.54) is 19.2 Å². The summed E-state index contributed by atoms with van der Waals surface area (Å²) in [5.41, 5.74) is 0.954. The van der Waals surface area contributed by atoms with Crippen LogP contribution in [0.25, 0.3) is 11.3 Å². The molecule has 0 amide bonds. The Morgan fingerprint density at radius 2 is 1.76 bits per heavy atom. The lowest BCUT2D eigenvalue weighted by molar-refractivity contribution is -0.137. The molecular weight excluding hydrogens is 283 g/mol. The molecule has 0 atom stereocenters. The minimum Gasteiger partial charge on any atom is -0.464 e. The van der Waals surface area contributed by atoms with E-state index in [2.05, 4.69) is 4.74 Å². The van der Waals surface area contributed by atoms with E-state index >= 15 is 0 Å². The van der Waals surface area contributed by atoms with Gasteiger partial charge in [-0.2, -0.15) is 13.2 Å². The zero-order chi connectivity index (χ0) is 15.6. The Morgan fingerprint density at radius 3 is 2.24 bits per heavy atom. The monoisotopic (exact) mass is 297 g/mol. The third kappa shape index (κ3) is 2.94. The van der Waals surface area contributed by atoms with Gasteiger partial charge in [0, 0.05) is 12.2 Å². The first-order chi connectivity index (χ1) is 9.88. The summed E-state index contributed by atoms with van der Waals surface area (Å²) in [6.07, 6.45) is -4.36. The van der Waals surface area contributed by atoms with Gasteiger partial charge >= 0.3 is 12.1 Å². The number of hydrogen-bond acceptors (Lipinski definition) is 2. The second-order valence-corrected chi connectivity index (χ2v) is 4.41. The van der Waals surface area contributed by atoms with Crippen molar-refractivity contribution in [2.75, 3.05) is 7.11 Å². The summed E-state index contributed by atoms with van der Waals surface area (Å²) in [6, 6.07) is 8.14. The average Bonchev–Trinajstić information content (AvgIpc) is 2.89. The highest BCUT2D eigenvalue weighted by molar-refractivity contribution is 5.89. The second-order valence-electron chi connectivity index (χ2n) is 4.41. The van der Waals surface area contributed by atoms with E-state index in [1.54, 1.807) is 16.7 Å². The van der Waals surface area contributed by atoms with Gasteiger partial charge in [-0.1, -0.05) is 12.1 Å². The maximum atomic E-state index is 12.6. The molecule has 0 saturated carbocycles. The number of nitrogens with zero attached hydrogens (tertiary/aromatic N) is 1. The van der Waals surface area contributed by atoms with Crippen molar-refractivity contribution >= 4 is 5.97 Å². The average molecular weight is 297 g/mol. The molecule has 0 saturated heterocycles. The van der Waals surface area contributed by atoms with Crippen molar-refractivity contribution in [1.29, 1.82) is 0 Å². The summed E-state index contributed by atoms with van der Waals surface area (Å²) in [4.78, 5) is 11.6. The van der Waals surface area contributed by atoms with Gasteiger partial charge in [-0.05, 0) is 36.8 Å². The van der Waals surface area contributed by atoms with Crippen molar-refractivity contribution in [3.05, 3.63) is 47.7 Å². The molecule has 0 bridgehead atoms. The number of esters is 1. The summed E-state index contributed by atoms with van der Waals surface area (Å²) in [5.74, 6) is -0.477. The Kier molecular flexibility index (Phi) is 4.06. The molecule has 2 rings (SSSR count). The lowest BCUT2D eigenvalue weighted by Crippen LogP contribution is -2.10. The smallest absolute Gasteiger partial charge is 0.416 e. The maximum Gasteiger partial charge on any atom is 0.416 e. The van der Waals surface area contributed by atoms with Gasteiger partial charge in [0.25, 0.3) is 0 Å². The highest BCUT2D eigenvalue weighted by Crippen LogP contribution is 2.31. The van der Waals surface area contributed by atoms with Gasteiger partial charge in [-0.15, -0.1) is 0 Å². The summed E-state index contributed by atoms with van der Waals surface area (Å²) >= 11 is 0. The quantitative estimate of drug-likeness (QED) is 0.802. The van der Waals surface area contributed by atoms with E-state index in [9.17, 15) is 18.0 Å². The maximum absolute atomic E-state index is 12.6. The van der Waals surface area contributed by atoms with Gasteiger partial charge in [0.1, 0.15) is 5.69 Å². The minimum absolute atomic E-state index is 0.370. The van der Waals surface area contributed by atoms with Crippen LogP contribution in [0.2, 0.25) is 0 Å². The van der Waals surface area contributed by atoms with Gasteiger partial charge in [-0.3, -0.25) is 0 Å². The highest BCUT2D eigenvalue weighted by atomic mass is 19.4. The summed E-state index contributed by atoms with van der Waals surface area (Å²) in [6.45, 7) is 2.35. The SMILES string of the molecule is CCn1c(C(=O)OC)ccc1-c1ccc(C(F)(F)F)cc1. The van der Waals surface area contributed by atoms with Crippen LogP contribution in [0.3, 0.4) is 0 Å². The summed E-state index contributed by atoms with van der Waals surface area (Å²) in [5, 5.41) is 0. The minimum atomic E-state index is -4.36. The van der Waals surface area contributed by atoms with E-state index in [0.717, 1.165) is 12.1 Å². The van der Waals surface area contributed by atoms with Crippen LogP contribution >= 0.6 is 0 Å². The Balaban J connectivity index is 2.43. The molecule has 3 nitrogen and oxygen atoms in total. The van der Waals surface area contributed by atoms with E-state index < -0.39 is 17.7 Å². The predicted octanol–water partition coefficient (Wildman–Crippen LogP) is 3.98. The number of rotatable bonds is 3. The van der Waals surface area contributed by atoms with Gasteiger partial charge in [0.15, 0.2) is 0 Å².